The summed E-state index contributed by atoms with van der Waals surface area (Å²) in [6.45, 7) is 0. The molecule has 21 heavy (non-hydrogen) atoms. The number of benzene rings is 1. The molecule has 0 amide bonds. The molecule has 0 aliphatic rings. The second-order valence-corrected chi connectivity index (χ2v) is 6.33. The minimum absolute atomic E-state index is 0.538. The molecule has 0 saturated carbocycles. The Bertz CT molecular complexity index is 684. The standard InChI is InChI=1S/C9H7BrN3OS2.FHO3S/c1-14-8(11-9-12-16-13-15-9)6-2-4-7(10)5-3-6;1-5(2,3)4/h2-5H,1H3;(H,2,3,4)/q+1;/p-1/b11-8-;. The SMILES string of the molecule is CO/C(=N\c1n[s+][n-][s+]1)c1ccc(Br)cc1.O=S(=O)([O-])F. The first-order valence-electron chi connectivity index (χ1n) is 4.95. The number of rotatable bonds is 2. The van der Waals surface area contributed by atoms with Crippen molar-refractivity contribution in [2.45, 2.75) is 0 Å². The number of aromatic nitrogens is 2. The van der Waals surface area contributed by atoms with Crippen molar-refractivity contribution in [3.8, 4) is 0 Å². The number of hydrogen-bond acceptors (Lipinski definition) is 6. The number of nitrogens with zero attached hydrogens (tertiary/aromatic N) is 3. The average Bonchev–Trinajstić information content (AvgIpc) is 2.88. The summed E-state index contributed by atoms with van der Waals surface area (Å²) in [4.78, 5) is 4.27. The fourth-order valence-electron chi connectivity index (χ4n) is 1.07. The van der Waals surface area contributed by atoms with Crippen molar-refractivity contribution < 1.29 is 21.6 Å². The lowest BCUT2D eigenvalue weighted by molar-refractivity contribution is 0.405. The van der Waals surface area contributed by atoms with Crippen LogP contribution in [0.25, 0.3) is 0 Å². The summed E-state index contributed by atoms with van der Waals surface area (Å²) in [5.74, 6) is 0.538. The molecular weight excluding hydrogens is 409 g/mol. The van der Waals surface area contributed by atoms with Crippen molar-refractivity contribution in [2.24, 2.45) is 4.99 Å². The Hall–Kier alpha value is -1.08. The van der Waals surface area contributed by atoms with Gasteiger partial charge in [-0.15, -0.1) is 3.89 Å². The number of methoxy groups -OCH3 is 1. The van der Waals surface area contributed by atoms with Crippen LogP contribution in [0.3, 0.4) is 0 Å². The zero-order valence-electron chi connectivity index (χ0n) is 10.3. The molecular formula is C9H7BrFN3O4S3. The molecule has 1 aromatic carbocycles. The van der Waals surface area contributed by atoms with Crippen LogP contribution in [0.2, 0.25) is 0 Å². The molecule has 0 aliphatic heterocycles. The van der Waals surface area contributed by atoms with Crippen molar-refractivity contribution in [1.82, 2.24) is 8.14 Å². The van der Waals surface area contributed by atoms with Gasteiger partial charge < -0.3 is 9.29 Å². The Morgan fingerprint density at radius 1 is 1.48 bits per heavy atom. The van der Waals surface area contributed by atoms with Gasteiger partial charge in [-0.2, -0.15) is 4.99 Å². The van der Waals surface area contributed by atoms with Crippen LogP contribution in [-0.4, -0.2) is 30.4 Å². The lowest BCUT2D eigenvalue weighted by Gasteiger charge is -2.02. The van der Waals surface area contributed by atoms with Crippen LogP contribution in [0.15, 0.2) is 33.7 Å². The smallest absolute Gasteiger partial charge is 0.384 e. The van der Waals surface area contributed by atoms with E-state index in [2.05, 4.69) is 29.1 Å². The Morgan fingerprint density at radius 2 is 2.05 bits per heavy atom. The first-order chi connectivity index (χ1) is 9.79. The van der Waals surface area contributed by atoms with Crippen LogP contribution in [0, 0.1) is 0 Å². The summed E-state index contributed by atoms with van der Waals surface area (Å²) < 4.78 is 49.5. The molecule has 0 atom stereocenters. The van der Waals surface area contributed by atoms with E-state index in [9.17, 15) is 3.89 Å². The van der Waals surface area contributed by atoms with Crippen molar-refractivity contribution in [2.75, 3.05) is 7.11 Å². The number of ether oxygens (including phenoxy) is 1. The van der Waals surface area contributed by atoms with Gasteiger partial charge in [-0.3, -0.25) is 0 Å². The minimum atomic E-state index is -5.42. The Kier molecular flexibility index (Phi) is 7.17. The van der Waals surface area contributed by atoms with E-state index in [1.807, 2.05) is 24.3 Å². The normalized spacial score (nSPS) is 11.5. The summed E-state index contributed by atoms with van der Waals surface area (Å²) >= 11 is 5.76. The molecule has 1 heterocycles. The number of halogens is 2. The molecule has 2 rings (SSSR count). The van der Waals surface area contributed by atoms with Crippen LogP contribution < -0.4 is 3.76 Å². The summed E-state index contributed by atoms with van der Waals surface area (Å²) in [5.41, 5.74) is 0.908. The largest absolute Gasteiger partial charge is 0.722 e. The van der Waals surface area contributed by atoms with Gasteiger partial charge in [0.15, 0.2) is 0 Å². The molecule has 114 valence electrons. The summed E-state index contributed by atoms with van der Waals surface area (Å²) in [5, 5.41) is 0.602. The lowest BCUT2D eigenvalue weighted by atomic mass is 10.2. The molecule has 12 heteroatoms. The molecule has 0 fully saturated rings. The minimum Gasteiger partial charge on any atom is -0.722 e. The first kappa shape index (κ1) is 18.0. The first-order valence-corrected chi connectivity index (χ1v) is 8.55. The van der Waals surface area contributed by atoms with Gasteiger partial charge in [-0.1, -0.05) is 20.3 Å². The van der Waals surface area contributed by atoms with E-state index in [4.69, 9.17) is 17.7 Å². The third kappa shape index (κ3) is 8.06. The molecule has 1 aromatic heterocycles. The zero-order chi connectivity index (χ0) is 15.9. The highest BCUT2D eigenvalue weighted by molar-refractivity contribution is 9.10. The summed E-state index contributed by atoms with van der Waals surface area (Å²) in [6.07, 6.45) is 0. The van der Waals surface area contributed by atoms with Gasteiger partial charge in [0.1, 0.15) is 3.76 Å². The van der Waals surface area contributed by atoms with E-state index < -0.39 is 10.5 Å². The van der Waals surface area contributed by atoms with Crippen molar-refractivity contribution >= 4 is 60.7 Å². The van der Waals surface area contributed by atoms with Crippen LogP contribution in [0.4, 0.5) is 9.02 Å². The van der Waals surface area contributed by atoms with Gasteiger partial charge in [0.05, 0.1) is 7.11 Å². The van der Waals surface area contributed by atoms with E-state index in [-0.39, 0.29) is 0 Å². The monoisotopic (exact) mass is 415 g/mol. The Labute approximate surface area is 136 Å². The molecule has 0 radical (unpaired) electrons. The maximum Gasteiger partial charge on any atom is 0.384 e. The Balaban J connectivity index is 0.000000383. The van der Waals surface area contributed by atoms with Gasteiger partial charge in [0.25, 0.3) is 10.5 Å². The van der Waals surface area contributed by atoms with Gasteiger partial charge in [0.2, 0.25) is 5.90 Å². The van der Waals surface area contributed by atoms with E-state index in [0.29, 0.717) is 11.0 Å². The van der Waals surface area contributed by atoms with Crippen LogP contribution in [-0.2, 0) is 15.2 Å². The molecule has 2 aromatic rings. The lowest BCUT2D eigenvalue weighted by Crippen LogP contribution is -2.02. The Morgan fingerprint density at radius 3 is 2.48 bits per heavy atom. The quantitative estimate of drug-likeness (QED) is 0.245. The number of hydrogen-bond donors (Lipinski definition) is 0. The van der Waals surface area contributed by atoms with Crippen LogP contribution in [0.5, 0.6) is 0 Å². The molecule has 0 aliphatic carbocycles. The van der Waals surface area contributed by atoms with Crippen molar-refractivity contribution in [3.05, 3.63) is 34.3 Å². The molecule has 0 unspecified atom stereocenters. The van der Waals surface area contributed by atoms with E-state index >= 15 is 0 Å². The third-order valence-corrected chi connectivity index (χ3v) is 3.56. The van der Waals surface area contributed by atoms with Crippen molar-refractivity contribution in [3.63, 3.8) is 0 Å². The molecule has 0 spiro atoms. The average molecular weight is 416 g/mol. The van der Waals surface area contributed by atoms with Crippen LogP contribution >= 0.6 is 39.2 Å². The van der Waals surface area contributed by atoms with Crippen LogP contribution in [0.1, 0.15) is 5.56 Å². The second-order valence-electron chi connectivity index (χ2n) is 3.14. The zero-order valence-corrected chi connectivity index (χ0v) is 14.3. The van der Waals surface area contributed by atoms with Gasteiger partial charge >= 0.3 is 28.4 Å². The molecule has 0 bridgehead atoms. The third-order valence-electron chi connectivity index (χ3n) is 1.75. The molecule has 7 nitrogen and oxygen atoms in total. The van der Waals surface area contributed by atoms with E-state index in [1.54, 1.807) is 7.11 Å². The van der Waals surface area contributed by atoms with Gasteiger partial charge in [0, 0.05) is 10.0 Å². The maximum absolute atomic E-state index is 10.1. The van der Waals surface area contributed by atoms with Crippen molar-refractivity contribution in [1.29, 1.82) is 0 Å². The van der Waals surface area contributed by atoms with E-state index in [1.165, 1.54) is 11.5 Å². The van der Waals surface area contributed by atoms with Gasteiger partial charge in [-0.05, 0) is 24.3 Å². The predicted octanol–water partition coefficient (Wildman–Crippen LogP) is 2.63. The maximum atomic E-state index is 10.1. The summed E-state index contributed by atoms with van der Waals surface area (Å²) in [6, 6.07) is 7.73. The second kappa shape index (κ2) is 8.38. The topological polar surface area (TPSA) is 106 Å². The van der Waals surface area contributed by atoms with E-state index in [0.717, 1.165) is 21.8 Å². The fraction of sp³-hybridized carbons (Fsp3) is 0.111. The highest BCUT2D eigenvalue weighted by Crippen LogP contribution is 2.17. The van der Waals surface area contributed by atoms with Gasteiger partial charge in [-0.25, -0.2) is 8.42 Å². The number of aliphatic imine (C=N–C) groups is 1. The molecule has 0 saturated heterocycles. The summed E-state index contributed by atoms with van der Waals surface area (Å²) in [7, 11) is -3.83. The highest BCUT2D eigenvalue weighted by Gasteiger charge is 2.11. The predicted molar refractivity (Wildman–Crippen MR) is 80.3 cm³/mol. The molecule has 0 N–H and O–H groups in total. The fourth-order valence-corrected chi connectivity index (χ4v) is 2.33. The highest BCUT2D eigenvalue weighted by atomic mass is 79.9.